The first-order valence-electron chi connectivity index (χ1n) is 5.77. The summed E-state index contributed by atoms with van der Waals surface area (Å²) in [6.45, 7) is -0.139. The molecule has 1 aliphatic carbocycles. The number of carbonyl (C=O) groups is 1. The third-order valence-electron chi connectivity index (χ3n) is 2.65. The molecule has 3 heteroatoms. The maximum atomic E-state index is 11.5. The number of benzene rings is 1. The van der Waals surface area contributed by atoms with Crippen LogP contribution in [0.1, 0.15) is 24.8 Å². The van der Waals surface area contributed by atoms with Crippen LogP contribution in [0.5, 0.6) is 0 Å². The van der Waals surface area contributed by atoms with Crippen LogP contribution >= 0.6 is 0 Å². The Morgan fingerprint density at radius 2 is 2.06 bits per heavy atom. The zero-order chi connectivity index (χ0) is 12.1. The number of rotatable bonds is 3. The van der Waals surface area contributed by atoms with Gasteiger partial charge in [0.25, 0.3) is 0 Å². The molecule has 17 heavy (non-hydrogen) atoms. The van der Waals surface area contributed by atoms with Crippen molar-refractivity contribution < 1.29 is 9.90 Å². The van der Waals surface area contributed by atoms with Crippen LogP contribution in [0.3, 0.4) is 0 Å². The van der Waals surface area contributed by atoms with E-state index >= 15 is 0 Å². The fraction of sp³-hybridized carbons (Fsp3) is 0.357. The van der Waals surface area contributed by atoms with Crippen LogP contribution < -0.4 is 5.32 Å². The summed E-state index contributed by atoms with van der Waals surface area (Å²) in [5, 5.41) is 11.4. The van der Waals surface area contributed by atoms with E-state index in [-0.39, 0.29) is 12.5 Å². The van der Waals surface area contributed by atoms with Crippen molar-refractivity contribution in [1.29, 1.82) is 0 Å². The van der Waals surface area contributed by atoms with E-state index in [0.29, 0.717) is 12.3 Å². The topological polar surface area (TPSA) is 49.3 Å². The second-order valence-corrected chi connectivity index (χ2v) is 4.23. The Morgan fingerprint density at radius 3 is 2.65 bits per heavy atom. The number of hydrogen-bond acceptors (Lipinski definition) is 2. The molecule has 0 bridgehead atoms. The second kappa shape index (κ2) is 5.51. The summed E-state index contributed by atoms with van der Waals surface area (Å²) in [6.07, 6.45) is 3.00. The van der Waals surface area contributed by atoms with Gasteiger partial charge in [-0.15, -0.1) is 0 Å². The minimum absolute atomic E-state index is 0.0849. The van der Waals surface area contributed by atoms with Crippen LogP contribution in [0.4, 0.5) is 5.69 Å². The van der Waals surface area contributed by atoms with Gasteiger partial charge in [-0.3, -0.25) is 4.79 Å². The van der Waals surface area contributed by atoms with Crippen molar-refractivity contribution in [2.45, 2.75) is 19.3 Å². The lowest BCUT2D eigenvalue weighted by Crippen LogP contribution is -2.11. The second-order valence-electron chi connectivity index (χ2n) is 4.23. The summed E-state index contributed by atoms with van der Waals surface area (Å²) < 4.78 is 0. The molecule has 1 aromatic rings. The molecule has 88 valence electrons. The molecule has 1 saturated carbocycles. The molecule has 3 nitrogen and oxygen atoms in total. The van der Waals surface area contributed by atoms with Crippen molar-refractivity contribution in [3.05, 3.63) is 29.8 Å². The van der Waals surface area contributed by atoms with E-state index in [1.165, 1.54) is 12.8 Å². The van der Waals surface area contributed by atoms with Gasteiger partial charge >= 0.3 is 0 Å². The molecule has 1 fully saturated rings. The number of amides is 1. The van der Waals surface area contributed by atoms with Crippen molar-refractivity contribution >= 4 is 11.6 Å². The van der Waals surface area contributed by atoms with E-state index in [1.54, 1.807) is 0 Å². The molecule has 0 saturated heterocycles. The molecule has 2 N–H and O–H groups in total. The fourth-order valence-corrected chi connectivity index (χ4v) is 1.57. The molecule has 0 unspecified atom stereocenters. The molecule has 1 amide bonds. The minimum Gasteiger partial charge on any atom is -0.384 e. The molecule has 0 aliphatic heterocycles. The lowest BCUT2D eigenvalue weighted by Gasteiger charge is -2.04. The highest BCUT2D eigenvalue weighted by Crippen LogP contribution is 2.32. The van der Waals surface area contributed by atoms with Gasteiger partial charge in [0.1, 0.15) is 6.61 Å². The van der Waals surface area contributed by atoms with Gasteiger partial charge in [-0.05, 0) is 43.0 Å². The van der Waals surface area contributed by atoms with Gasteiger partial charge in [0, 0.05) is 17.7 Å². The predicted molar refractivity (Wildman–Crippen MR) is 66.4 cm³/mol. The average Bonchev–Trinajstić information content (AvgIpc) is 3.12. The molecule has 0 aromatic heterocycles. The fourth-order valence-electron chi connectivity index (χ4n) is 1.57. The lowest BCUT2D eigenvalue weighted by atomic mass is 10.2. The number of anilines is 1. The van der Waals surface area contributed by atoms with Crippen molar-refractivity contribution in [3.63, 3.8) is 0 Å². The van der Waals surface area contributed by atoms with E-state index < -0.39 is 0 Å². The highest BCUT2D eigenvalue weighted by atomic mass is 16.2. The predicted octanol–water partition coefficient (Wildman–Crippen LogP) is 1.77. The Bertz CT molecular complexity index is 449. The summed E-state index contributed by atoms with van der Waals surface area (Å²) in [7, 11) is 0. The van der Waals surface area contributed by atoms with Gasteiger partial charge in [0.05, 0.1) is 0 Å². The van der Waals surface area contributed by atoms with E-state index in [1.807, 2.05) is 24.3 Å². The van der Waals surface area contributed by atoms with Crippen LogP contribution in [-0.2, 0) is 4.79 Å². The number of nitrogens with one attached hydrogen (secondary N) is 1. The van der Waals surface area contributed by atoms with Gasteiger partial charge in [-0.1, -0.05) is 11.8 Å². The zero-order valence-corrected chi connectivity index (χ0v) is 9.57. The van der Waals surface area contributed by atoms with Gasteiger partial charge < -0.3 is 10.4 Å². The lowest BCUT2D eigenvalue weighted by molar-refractivity contribution is -0.116. The summed E-state index contributed by atoms with van der Waals surface area (Å²) in [5.41, 5.74) is 1.63. The van der Waals surface area contributed by atoms with Crippen LogP contribution in [-0.4, -0.2) is 17.6 Å². The van der Waals surface area contributed by atoms with Gasteiger partial charge in [-0.25, -0.2) is 0 Å². The Balaban J connectivity index is 1.90. The monoisotopic (exact) mass is 229 g/mol. The maximum absolute atomic E-state index is 11.5. The van der Waals surface area contributed by atoms with Crippen LogP contribution in [0.25, 0.3) is 0 Å². The Morgan fingerprint density at radius 1 is 1.35 bits per heavy atom. The first-order chi connectivity index (χ1) is 8.28. The molecule has 0 radical (unpaired) electrons. The van der Waals surface area contributed by atoms with E-state index in [4.69, 9.17) is 5.11 Å². The van der Waals surface area contributed by atoms with Gasteiger partial charge in [0.15, 0.2) is 0 Å². The van der Waals surface area contributed by atoms with Crippen molar-refractivity contribution in [1.82, 2.24) is 0 Å². The average molecular weight is 229 g/mol. The zero-order valence-electron chi connectivity index (χ0n) is 9.57. The Hall–Kier alpha value is -1.79. The third kappa shape index (κ3) is 3.93. The molecule has 0 spiro atoms. The van der Waals surface area contributed by atoms with Crippen molar-refractivity contribution in [2.24, 2.45) is 5.92 Å². The molecule has 0 heterocycles. The smallest absolute Gasteiger partial charge is 0.224 e. The highest BCUT2D eigenvalue weighted by Gasteiger charge is 2.24. The van der Waals surface area contributed by atoms with Crippen LogP contribution in [0, 0.1) is 17.8 Å². The number of aliphatic hydroxyl groups excluding tert-OH is 1. The summed E-state index contributed by atoms with van der Waals surface area (Å²) in [5.74, 6) is 6.07. The molecule has 0 atom stereocenters. The third-order valence-corrected chi connectivity index (χ3v) is 2.65. The summed E-state index contributed by atoms with van der Waals surface area (Å²) in [6, 6.07) is 7.31. The first-order valence-corrected chi connectivity index (χ1v) is 5.77. The van der Waals surface area contributed by atoms with Crippen LogP contribution in [0.2, 0.25) is 0 Å². The molecule has 1 aliphatic rings. The standard InChI is InChI=1S/C14H15NO2/c16-9-1-2-11-5-7-13(8-6-11)15-14(17)10-12-3-4-12/h5-8,12,16H,3-4,9-10H2,(H,15,17). The SMILES string of the molecule is O=C(CC1CC1)Nc1ccc(C#CCO)cc1. The Labute approximate surface area is 101 Å². The van der Waals surface area contributed by atoms with E-state index in [9.17, 15) is 4.79 Å². The minimum atomic E-state index is -0.139. The molecule has 1 aromatic carbocycles. The van der Waals surface area contributed by atoms with Crippen LogP contribution in [0.15, 0.2) is 24.3 Å². The highest BCUT2D eigenvalue weighted by molar-refractivity contribution is 5.91. The van der Waals surface area contributed by atoms with E-state index in [2.05, 4.69) is 17.2 Å². The van der Waals surface area contributed by atoms with E-state index in [0.717, 1.165) is 11.3 Å². The largest absolute Gasteiger partial charge is 0.384 e. The number of aliphatic hydroxyl groups is 1. The van der Waals surface area contributed by atoms with Gasteiger partial charge in [0.2, 0.25) is 5.91 Å². The summed E-state index contributed by atoms with van der Waals surface area (Å²) >= 11 is 0. The molecular weight excluding hydrogens is 214 g/mol. The van der Waals surface area contributed by atoms with Gasteiger partial charge in [-0.2, -0.15) is 0 Å². The van der Waals surface area contributed by atoms with Crippen molar-refractivity contribution in [3.8, 4) is 11.8 Å². The number of hydrogen-bond donors (Lipinski definition) is 2. The van der Waals surface area contributed by atoms with Crippen molar-refractivity contribution in [2.75, 3.05) is 11.9 Å². The normalized spacial score (nSPS) is 13.7. The Kier molecular flexibility index (Phi) is 3.79. The maximum Gasteiger partial charge on any atom is 0.224 e. The molecular formula is C14H15NO2. The first kappa shape index (κ1) is 11.7. The summed E-state index contributed by atoms with van der Waals surface area (Å²) in [4.78, 5) is 11.5. The quantitative estimate of drug-likeness (QED) is 0.776. The number of carbonyl (C=O) groups excluding carboxylic acids is 1. The molecule has 2 rings (SSSR count).